The van der Waals surface area contributed by atoms with E-state index < -0.39 is 17.1 Å². The molecule has 0 spiro atoms. The van der Waals surface area contributed by atoms with Crippen molar-refractivity contribution in [2.75, 3.05) is 0 Å². The summed E-state index contributed by atoms with van der Waals surface area (Å²) in [6, 6.07) is 0. The van der Waals surface area contributed by atoms with Crippen LogP contribution < -0.4 is 0 Å². The van der Waals surface area contributed by atoms with E-state index >= 15 is 0 Å². The highest BCUT2D eigenvalue weighted by Crippen LogP contribution is 2.45. The fourth-order valence-corrected chi connectivity index (χ4v) is 2.69. The second kappa shape index (κ2) is 4.17. The van der Waals surface area contributed by atoms with Crippen LogP contribution in [0.1, 0.15) is 40.5 Å². The number of aliphatic hydroxyl groups is 1. The first-order chi connectivity index (χ1) is 7.20. The normalized spacial score (nSPS) is 34.8. The minimum atomic E-state index is -0.982. The Morgan fingerprint density at radius 1 is 1.56 bits per heavy atom. The predicted octanol–water partition coefficient (Wildman–Crippen LogP) is 1.30. The van der Waals surface area contributed by atoms with Crippen molar-refractivity contribution >= 4 is 12.3 Å². The largest absolute Gasteiger partial charge is 0.460 e. The number of hydrogen-bond donors (Lipinski definition) is 1. The molecule has 1 aliphatic rings. The van der Waals surface area contributed by atoms with Gasteiger partial charge in [0, 0.05) is 18.8 Å². The lowest BCUT2D eigenvalue weighted by molar-refractivity contribution is -0.163. The highest BCUT2D eigenvalue weighted by Gasteiger charge is 2.51. The van der Waals surface area contributed by atoms with Crippen molar-refractivity contribution < 1.29 is 19.4 Å². The lowest BCUT2D eigenvalue weighted by atomic mass is 9.79. The van der Waals surface area contributed by atoms with Gasteiger partial charge in [-0.25, -0.2) is 0 Å². The second-order valence-electron chi connectivity index (χ2n) is 5.36. The van der Waals surface area contributed by atoms with Gasteiger partial charge in [-0.05, 0) is 33.6 Å². The quantitative estimate of drug-likeness (QED) is 0.584. The zero-order valence-electron chi connectivity index (χ0n) is 10.3. The van der Waals surface area contributed by atoms with Gasteiger partial charge in [-0.1, -0.05) is 0 Å². The Labute approximate surface area is 96.0 Å². The van der Waals surface area contributed by atoms with Crippen molar-refractivity contribution in [1.82, 2.24) is 0 Å². The average molecular weight is 228 g/mol. The highest BCUT2D eigenvalue weighted by atomic mass is 16.6. The van der Waals surface area contributed by atoms with Gasteiger partial charge in [0.2, 0.25) is 0 Å². The van der Waals surface area contributed by atoms with Gasteiger partial charge >= 0.3 is 5.97 Å². The molecule has 4 nitrogen and oxygen atoms in total. The molecule has 0 bridgehead atoms. The van der Waals surface area contributed by atoms with E-state index in [0.717, 1.165) is 6.29 Å². The van der Waals surface area contributed by atoms with Crippen molar-refractivity contribution in [3.8, 4) is 0 Å². The van der Waals surface area contributed by atoms with Crippen molar-refractivity contribution in [3.63, 3.8) is 0 Å². The van der Waals surface area contributed by atoms with Gasteiger partial charge in [-0.2, -0.15) is 0 Å². The van der Waals surface area contributed by atoms with Crippen LogP contribution in [0, 0.1) is 11.8 Å². The standard InChI is InChI=1S/C12H20O4/c1-8(14)16-11(2,3)9-5-6-12(4,15)10(9)7-13/h7,9-10,15H,5-6H2,1-4H3/t9-,10+,12-/m1/s1. The zero-order chi connectivity index (χ0) is 12.6. The van der Waals surface area contributed by atoms with Crippen molar-refractivity contribution in [1.29, 1.82) is 0 Å². The molecular formula is C12H20O4. The fourth-order valence-electron chi connectivity index (χ4n) is 2.69. The van der Waals surface area contributed by atoms with E-state index in [-0.39, 0.29) is 11.9 Å². The van der Waals surface area contributed by atoms with Gasteiger partial charge in [-0.3, -0.25) is 4.79 Å². The van der Waals surface area contributed by atoms with E-state index in [9.17, 15) is 14.7 Å². The Bertz CT molecular complexity index is 293. The highest BCUT2D eigenvalue weighted by molar-refractivity contribution is 5.66. The third-order valence-electron chi connectivity index (χ3n) is 3.56. The number of carbonyl (C=O) groups is 2. The molecule has 1 fully saturated rings. The molecule has 16 heavy (non-hydrogen) atoms. The molecule has 0 aliphatic heterocycles. The number of esters is 1. The topological polar surface area (TPSA) is 63.6 Å². The summed E-state index contributed by atoms with van der Waals surface area (Å²) in [6.07, 6.45) is 2.03. The van der Waals surface area contributed by atoms with E-state index in [1.807, 2.05) is 0 Å². The molecule has 1 N–H and O–H groups in total. The molecule has 1 rings (SSSR count). The molecule has 0 aromatic heterocycles. The number of carbonyl (C=O) groups excluding carboxylic acids is 2. The van der Waals surface area contributed by atoms with E-state index in [0.29, 0.717) is 12.8 Å². The molecule has 0 aromatic rings. The maximum Gasteiger partial charge on any atom is 0.303 e. The second-order valence-corrected chi connectivity index (χ2v) is 5.36. The Kier molecular flexibility index (Phi) is 3.43. The van der Waals surface area contributed by atoms with Crippen LogP contribution in [0.3, 0.4) is 0 Å². The van der Waals surface area contributed by atoms with E-state index in [1.54, 1.807) is 20.8 Å². The zero-order valence-corrected chi connectivity index (χ0v) is 10.3. The predicted molar refractivity (Wildman–Crippen MR) is 58.7 cm³/mol. The minimum absolute atomic E-state index is 0.121. The summed E-state index contributed by atoms with van der Waals surface area (Å²) < 4.78 is 5.24. The molecule has 92 valence electrons. The smallest absolute Gasteiger partial charge is 0.303 e. The summed E-state index contributed by atoms with van der Waals surface area (Å²) in [6.45, 7) is 6.59. The first kappa shape index (κ1) is 13.2. The van der Waals surface area contributed by atoms with Gasteiger partial charge in [0.05, 0.1) is 5.60 Å². The molecule has 1 saturated carbocycles. The van der Waals surface area contributed by atoms with Gasteiger partial charge in [0.15, 0.2) is 0 Å². The van der Waals surface area contributed by atoms with Crippen LogP contribution >= 0.6 is 0 Å². The molecule has 0 heterocycles. The van der Waals surface area contributed by atoms with E-state index in [1.165, 1.54) is 6.92 Å². The third-order valence-corrected chi connectivity index (χ3v) is 3.56. The number of rotatable bonds is 3. The average Bonchev–Trinajstić information content (AvgIpc) is 2.38. The Balaban J connectivity index is 2.88. The molecule has 0 saturated heterocycles. The Morgan fingerprint density at radius 2 is 2.12 bits per heavy atom. The SMILES string of the molecule is CC(=O)OC(C)(C)[C@@H]1CC[C@@](C)(O)[C@H]1C=O. The molecule has 0 radical (unpaired) electrons. The summed E-state index contributed by atoms with van der Waals surface area (Å²) in [5, 5.41) is 10.1. The minimum Gasteiger partial charge on any atom is -0.460 e. The lowest BCUT2D eigenvalue weighted by Gasteiger charge is -2.35. The summed E-state index contributed by atoms with van der Waals surface area (Å²) in [4.78, 5) is 22.1. The van der Waals surface area contributed by atoms with Gasteiger partial charge in [0.25, 0.3) is 0 Å². The monoisotopic (exact) mass is 228 g/mol. The number of hydrogen-bond acceptors (Lipinski definition) is 4. The van der Waals surface area contributed by atoms with Crippen molar-refractivity contribution in [3.05, 3.63) is 0 Å². The van der Waals surface area contributed by atoms with Crippen LogP contribution in [0.5, 0.6) is 0 Å². The molecule has 0 aromatic carbocycles. The number of ether oxygens (including phenoxy) is 1. The molecule has 1 aliphatic carbocycles. The lowest BCUT2D eigenvalue weighted by Crippen LogP contribution is -2.43. The van der Waals surface area contributed by atoms with Gasteiger partial charge < -0.3 is 14.6 Å². The Hall–Kier alpha value is -0.900. The summed E-state index contributed by atoms with van der Waals surface area (Å²) in [5.74, 6) is -0.952. The van der Waals surface area contributed by atoms with Crippen LogP contribution in [0.4, 0.5) is 0 Å². The van der Waals surface area contributed by atoms with Crippen LogP contribution in [0.25, 0.3) is 0 Å². The summed E-state index contributed by atoms with van der Waals surface area (Å²) in [7, 11) is 0. The van der Waals surface area contributed by atoms with Crippen LogP contribution in [0.2, 0.25) is 0 Å². The van der Waals surface area contributed by atoms with E-state index in [2.05, 4.69) is 0 Å². The first-order valence-electron chi connectivity index (χ1n) is 5.58. The Morgan fingerprint density at radius 3 is 2.56 bits per heavy atom. The fraction of sp³-hybridized carbons (Fsp3) is 0.833. The van der Waals surface area contributed by atoms with Crippen molar-refractivity contribution in [2.45, 2.75) is 51.7 Å². The third kappa shape index (κ3) is 2.43. The molecule has 0 amide bonds. The molecule has 3 atom stereocenters. The number of aldehydes is 1. The molecule has 0 unspecified atom stereocenters. The van der Waals surface area contributed by atoms with Crippen LogP contribution in [-0.4, -0.2) is 28.6 Å². The molecule has 4 heteroatoms. The summed E-state index contributed by atoms with van der Waals surface area (Å²) >= 11 is 0. The maximum absolute atomic E-state index is 11.1. The van der Waals surface area contributed by atoms with E-state index in [4.69, 9.17) is 4.74 Å². The van der Waals surface area contributed by atoms with Crippen molar-refractivity contribution in [2.24, 2.45) is 11.8 Å². The van der Waals surface area contributed by atoms with Gasteiger partial charge in [0.1, 0.15) is 11.9 Å². The molecular weight excluding hydrogens is 208 g/mol. The first-order valence-corrected chi connectivity index (χ1v) is 5.58. The maximum atomic E-state index is 11.1. The summed E-state index contributed by atoms with van der Waals surface area (Å²) in [5.41, 5.74) is -1.69. The van der Waals surface area contributed by atoms with Crippen LogP contribution in [-0.2, 0) is 14.3 Å². The van der Waals surface area contributed by atoms with Gasteiger partial charge in [-0.15, -0.1) is 0 Å². The van der Waals surface area contributed by atoms with Crippen LogP contribution in [0.15, 0.2) is 0 Å².